The maximum atomic E-state index is 11.6. The zero-order chi connectivity index (χ0) is 12.3. The van der Waals surface area contributed by atoms with E-state index in [0.717, 1.165) is 5.56 Å². The number of hydrogen-bond acceptors (Lipinski definition) is 3. The Balaban J connectivity index is 2.95. The fraction of sp³-hybridized carbons (Fsp3) is 0.455. The van der Waals surface area contributed by atoms with Gasteiger partial charge in [-0.2, -0.15) is 0 Å². The third-order valence-electron chi connectivity index (χ3n) is 2.29. The molecule has 1 atom stereocenters. The first-order valence-electron chi connectivity index (χ1n) is 5.20. The van der Waals surface area contributed by atoms with E-state index in [1.807, 2.05) is 13.0 Å². The fourth-order valence-corrected chi connectivity index (χ4v) is 1.86. The normalized spacial score (nSPS) is 13.8. The predicted octanol–water partition coefficient (Wildman–Crippen LogP) is 1.86. The Hall–Kier alpha value is -1.07. The minimum absolute atomic E-state index is 0.108. The first-order chi connectivity index (χ1) is 7.33. The number of hydrogen-bond donors (Lipinski definition) is 2. The summed E-state index contributed by atoms with van der Waals surface area (Å²) in [5.41, 5.74) is 7.19. The van der Waals surface area contributed by atoms with Crippen molar-refractivity contribution in [3.63, 3.8) is 0 Å². The number of nitrogens with one attached hydrogen (secondary N) is 1. The van der Waals surface area contributed by atoms with Crippen LogP contribution in [0.15, 0.2) is 24.3 Å². The molecule has 0 aliphatic carbocycles. The maximum absolute atomic E-state index is 11.6. The molecule has 0 saturated carbocycles. The van der Waals surface area contributed by atoms with Crippen LogP contribution in [0.2, 0.25) is 0 Å². The molecule has 5 heteroatoms. The molecule has 1 aromatic carbocycles. The summed E-state index contributed by atoms with van der Waals surface area (Å²) in [7, 11) is -3.28. The van der Waals surface area contributed by atoms with Gasteiger partial charge >= 0.3 is 0 Å². The molecular weight excluding hydrogens is 224 g/mol. The van der Waals surface area contributed by atoms with Crippen LogP contribution in [-0.2, 0) is 10.0 Å². The topological polar surface area (TPSA) is 72.2 Å². The highest BCUT2D eigenvalue weighted by atomic mass is 32.2. The van der Waals surface area contributed by atoms with Crippen molar-refractivity contribution in [3.8, 4) is 0 Å². The molecule has 0 aliphatic rings. The van der Waals surface area contributed by atoms with E-state index in [0.29, 0.717) is 5.69 Å². The number of anilines is 1. The van der Waals surface area contributed by atoms with Crippen molar-refractivity contribution in [1.82, 2.24) is 0 Å². The van der Waals surface area contributed by atoms with E-state index in [4.69, 9.17) is 5.73 Å². The van der Waals surface area contributed by atoms with Crippen LogP contribution in [-0.4, -0.2) is 13.7 Å². The van der Waals surface area contributed by atoms with Gasteiger partial charge in [0.15, 0.2) is 0 Å². The smallest absolute Gasteiger partial charge is 0.235 e. The molecule has 0 fully saturated rings. The Morgan fingerprint density at radius 2 is 1.88 bits per heavy atom. The Morgan fingerprint density at radius 1 is 1.25 bits per heavy atom. The predicted molar refractivity (Wildman–Crippen MR) is 66.7 cm³/mol. The zero-order valence-electron chi connectivity index (χ0n) is 9.77. The summed E-state index contributed by atoms with van der Waals surface area (Å²) >= 11 is 0. The molecule has 16 heavy (non-hydrogen) atoms. The fourth-order valence-electron chi connectivity index (χ4n) is 1.17. The summed E-state index contributed by atoms with van der Waals surface area (Å²) in [6, 6.07) is 7.02. The van der Waals surface area contributed by atoms with Crippen LogP contribution < -0.4 is 10.5 Å². The average Bonchev–Trinajstić information content (AvgIpc) is 2.17. The zero-order valence-corrected chi connectivity index (χ0v) is 10.6. The first kappa shape index (κ1) is 13.0. The van der Waals surface area contributed by atoms with Crippen molar-refractivity contribution in [2.45, 2.75) is 32.1 Å². The maximum Gasteiger partial charge on any atom is 0.235 e. The van der Waals surface area contributed by atoms with E-state index in [1.54, 1.807) is 32.0 Å². The number of benzene rings is 1. The van der Waals surface area contributed by atoms with Crippen molar-refractivity contribution in [2.75, 3.05) is 4.72 Å². The van der Waals surface area contributed by atoms with Crippen LogP contribution in [0.4, 0.5) is 5.69 Å². The summed E-state index contributed by atoms with van der Waals surface area (Å²) < 4.78 is 25.8. The molecule has 90 valence electrons. The van der Waals surface area contributed by atoms with Crippen LogP contribution in [0.5, 0.6) is 0 Å². The Labute approximate surface area is 96.9 Å². The summed E-state index contributed by atoms with van der Waals surface area (Å²) in [5.74, 6) is 0. The lowest BCUT2D eigenvalue weighted by atomic mass is 10.1. The van der Waals surface area contributed by atoms with Crippen LogP contribution in [0.1, 0.15) is 32.4 Å². The summed E-state index contributed by atoms with van der Waals surface area (Å²) in [5, 5.41) is -0.452. The molecule has 1 aromatic rings. The summed E-state index contributed by atoms with van der Waals surface area (Å²) in [4.78, 5) is 0. The molecule has 1 rings (SSSR count). The van der Waals surface area contributed by atoms with Crippen LogP contribution in [0.3, 0.4) is 0 Å². The average molecular weight is 242 g/mol. The lowest BCUT2D eigenvalue weighted by Crippen LogP contribution is -2.22. The highest BCUT2D eigenvalue weighted by molar-refractivity contribution is 7.93. The molecular formula is C11H18N2O2S. The van der Waals surface area contributed by atoms with E-state index in [-0.39, 0.29) is 6.04 Å². The van der Waals surface area contributed by atoms with E-state index in [2.05, 4.69) is 4.72 Å². The van der Waals surface area contributed by atoms with Gasteiger partial charge in [-0.25, -0.2) is 8.42 Å². The third-order valence-corrected chi connectivity index (χ3v) is 4.05. The Bertz CT molecular complexity index is 453. The van der Waals surface area contributed by atoms with Crippen molar-refractivity contribution in [3.05, 3.63) is 29.8 Å². The molecule has 0 saturated heterocycles. The van der Waals surface area contributed by atoms with Gasteiger partial charge in [0.05, 0.1) is 5.25 Å². The monoisotopic (exact) mass is 242 g/mol. The second kappa shape index (κ2) is 4.84. The van der Waals surface area contributed by atoms with Crippen molar-refractivity contribution in [2.24, 2.45) is 5.73 Å². The van der Waals surface area contributed by atoms with E-state index in [1.165, 1.54) is 0 Å². The highest BCUT2D eigenvalue weighted by Gasteiger charge is 2.15. The summed E-state index contributed by atoms with van der Waals surface area (Å²) in [6.07, 6.45) is 0. The van der Waals surface area contributed by atoms with Gasteiger partial charge in [0, 0.05) is 11.7 Å². The molecule has 0 aromatic heterocycles. The lowest BCUT2D eigenvalue weighted by Gasteiger charge is -2.12. The molecule has 0 radical (unpaired) electrons. The summed E-state index contributed by atoms with van der Waals surface area (Å²) in [6.45, 7) is 5.13. The molecule has 4 nitrogen and oxygen atoms in total. The number of nitrogens with two attached hydrogens (primary N) is 1. The van der Waals surface area contributed by atoms with Crippen LogP contribution in [0, 0.1) is 0 Å². The largest absolute Gasteiger partial charge is 0.324 e. The molecule has 0 heterocycles. The molecule has 0 bridgehead atoms. The highest BCUT2D eigenvalue weighted by Crippen LogP contribution is 2.17. The van der Waals surface area contributed by atoms with Crippen LogP contribution in [0.25, 0.3) is 0 Å². The van der Waals surface area contributed by atoms with E-state index in [9.17, 15) is 8.42 Å². The lowest BCUT2D eigenvalue weighted by molar-refractivity contribution is 0.593. The van der Waals surface area contributed by atoms with Gasteiger partial charge in [-0.15, -0.1) is 0 Å². The molecule has 1 unspecified atom stereocenters. The Kier molecular flexibility index (Phi) is 3.93. The van der Waals surface area contributed by atoms with Gasteiger partial charge in [0.1, 0.15) is 0 Å². The number of rotatable bonds is 4. The first-order valence-corrected chi connectivity index (χ1v) is 6.74. The standard InChI is InChI=1S/C11H18N2O2S/c1-8(2)16(14,15)13-11-6-4-5-10(7-11)9(3)12/h4-9,13H,12H2,1-3H3. The van der Waals surface area contributed by atoms with Gasteiger partial charge < -0.3 is 5.73 Å². The van der Waals surface area contributed by atoms with E-state index < -0.39 is 15.3 Å². The third kappa shape index (κ3) is 3.21. The molecule has 3 N–H and O–H groups in total. The van der Waals surface area contributed by atoms with Crippen molar-refractivity contribution >= 4 is 15.7 Å². The SMILES string of the molecule is CC(N)c1cccc(NS(=O)(=O)C(C)C)c1. The molecule has 0 amide bonds. The van der Waals surface area contributed by atoms with Crippen molar-refractivity contribution < 1.29 is 8.42 Å². The number of sulfonamides is 1. The minimum atomic E-state index is -3.28. The second-order valence-corrected chi connectivity index (χ2v) is 6.35. The molecule has 0 aliphatic heterocycles. The van der Waals surface area contributed by atoms with Gasteiger partial charge in [0.25, 0.3) is 0 Å². The Morgan fingerprint density at radius 3 is 2.38 bits per heavy atom. The van der Waals surface area contributed by atoms with Gasteiger partial charge in [0.2, 0.25) is 10.0 Å². The van der Waals surface area contributed by atoms with Crippen molar-refractivity contribution in [1.29, 1.82) is 0 Å². The van der Waals surface area contributed by atoms with E-state index >= 15 is 0 Å². The van der Waals surface area contributed by atoms with Crippen LogP contribution >= 0.6 is 0 Å². The van der Waals surface area contributed by atoms with Gasteiger partial charge in [-0.1, -0.05) is 12.1 Å². The van der Waals surface area contributed by atoms with Gasteiger partial charge in [-0.3, -0.25) is 4.72 Å². The quantitative estimate of drug-likeness (QED) is 0.846. The minimum Gasteiger partial charge on any atom is -0.324 e. The molecule has 0 spiro atoms. The van der Waals surface area contributed by atoms with Gasteiger partial charge in [-0.05, 0) is 38.5 Å². The second-order valence-electron chi connectivity index (χ2n) is 4.11.